The summed E-state index contributed by atoms with van der Waals surface area (Å²) in [5, 5.41) is 2.84. The number of unbranched alkanes of at least 4 members (excludes halogenated alkanes) is 4. The highest BCUT2D eigenvalue weighted by Gasteiger charge is 2.58. The van der Waals surface area contributed by atoms with Gasteiger partial charge in [-0.2, -0.15) is 0 Å². The first kappa shape index (κ1) is 29.1. The van der Waals surface area contributed by atoms with Crippen LogP contribution in [0.4, 0.5) is 10.5 Å². The maximum absolute atomic E-state index is 13.0. The Morgan fingerprint density at radius 3 is 2.47 bits per heavy atom. The predicted octanol–water partition coefficient (Wildman–Crippen LogP) is 5.33. The molecule has 1 aromatic rings. The summed E-state index contributed by atoms with van der Waals surface area (Å²) in [7, 11) is 1.61. The molecular formula is C29H46N2O7. The molecule has 9 nitrogen and oxygen atoms in total. The Balaban J connectivity index is 1.43. The van der Waals surface area contributed by atoms with Crippen LogP contribution < -0.4 is 10.1 Å². The molecule has 38 heavy (non-hydrogen) atoms. The van der Waals surface area contributed by atoms with Crippen LogP contribution in [-0.4, -0.2) is 80.8 Å². The molecule has 3 aliphatic heterocycles. The lowest BCUT2D eigenvalue weighted by molar-refractivity contribution is -0.243. The molecule has 1 aromatic carbocycles. The summed E-state index contributed by atoms with van der Waals surface area (Å²) in [5.41, 5.74) is 0.628. The summed E-state index contributed by atoms with van der Waals surface area (Å²) in [5.74, 6) is -0.0455. The molecule has 0 unspecified atom stereocenters. The number of nitrogens with zero attached hydrogens (tertiary/aromatic N) is 1. The molecule has 0 aliphatic carbocycles. The third-order valence-electron chi connectivity index (χ3n) is 7.42. The molecule has 0 aromatic heterocycles. The number of carbonyl (C=O) groups excluding carboxylic acids is 1. The summed E-state index contributed by atoms with van der Waals surface area (Å²) in [6.07, 6.45) is 6.37. The van der Waals surface area contributed by atoms with Crippen molar-refractivity contribution >= 4 is 11.8 Å². The molecule has 1 amide bonds. The van der Waals surface area contributed by atoms with E-state index in [9.17, 15) is 4.79 Å². The molecular weight excluding hydrogens is 488 g/mol. The van der Waals surface area contributed by atoms with Gasteiger partial charge in [-0.05, 0) is 70.5 Å². The Kier molecular flexibility index (Phi) is 10.7. The van der Waals surface area contributed by atoms with Gasteiger partial charge in [0.2, 0.25) is 0 Å². The number of fused-ring (bicyclic) bond motifs is 1. The number of hydrogen-bond acceptors (Lipinski definition) is 8. The van der Waals surface area contributed by atoms with Crippen LogP contribution in [0, 0.1) is 0 Å². The van der Waals surface area contributed by atoms with Gasteiger partial charge in [0.15, 0.2) is 12.1 Å². The number of hydrogen-bond donors (Lipinski definition) is 1. The summed E-state index contributed by atoms with van der Waals surface area (Å²) >= 11 is 0. The maximum Gasteiger partial charge on any atom is 0.412 e. The second-order valence-corrected chi connectivity index (χ2v) is 11.0. The van der Waals surface area contributed by atoms with Crippen molar-refractivity contribution in [3.63, 3.8) is 0 Å². The van der Waals surface area contributed by atoms with Gasteiger partial charge in [-0.25, -0.2) is 4.79 Å². The van der Waals surface area contributed by atoms with E-state index in [0.29, 0.717) is 18.8 Å². The van der Waals surface area contributed by atoms with Gasteiger partial charge in [0.25, 0.3) is 0 Å². The first-order valence-corrected chi connectivity index (χ1v) is 14.4. The minimum atomic E-state index is -0.763. The van der Waals surface area contributed by atoms with Gasteiger partial charge in [0.05, 0.1) is 7.11 Å². The second kappa shape index (κ2) is 13.9. The van der Waals surface area contributed by atoms with E-state index in [-0.39, 0.29) is 6.10 Å². The van der Waals surface area contributed by atoms with Crippen LogP contribution in [-0.2, 0) is 23.7 Å². The maximum atomic E-state index is 13.0. The number of piperidine rings is 1. The highest BCUT2D eigenvalue weighted by Crippen LogP contribution is 2.41. The van der Waals surface area contributed by atoms with Crippen molar-refractivity contribution in [3.8, 4) is 5.75 Å². The lowest BCUT2D eigenvalue weighted by Gasteiger charge is -2.34. The summed E-state index contributed by atoms with van der Waals surface area (Å²) in [6.45, 7) is 9.13. The van der Waals surface area contributed by atoms with Gasteiger partial charge in [-0.1, -0.05) is 39.0 Å². The SMILES string of the molecule is CCCCCCCO[C@H]1O[C@H]([C@@H](CN2CCCCC2)OC(=O)Nc2ccc(OC)cc2)[C@@H]2OC(C)(C)O[C@H]12. The quantitative estimate of drug-likeness (QED) is 0.340. The summed E-state index contributed by atoms with van der Waals surface area (Å²) < 4.78 is 36.4. The zero-order valence-electron chi connectivity index (χ0n) is 23.5. The molecule has 9 heteroatoms. The van der Waals surface area contributed by atoms with E-state index in [0.717, 1.165) is 44.5 Å². The van der Waals surface area contributed by atoms with Crippen molar-refractivity contribution in [2.75, 3.05) is 38.7 Å². The van der Waals surface area contributed by atoms with E-state index in [4.69, 9.17) is 28.4 Å². The minimum Gasteiger partial charge on any atom is -0.497 e. The third-order valence-corrected chi connectivity index (χ3v) is 7.42. The largest absolute Gasteiger partial charge is 0.497 e. The van der Waals surface area contributed by atoms with E-state index in [1.165, 1.54) is 25.7 Å². The minimum absolute atomic E-state index is 0.372. The van der Waals surface area contributed by atoms with Crippen LogP contribution in [0.2, 0.25) is 0 Å². The van der Waals surface area contributed by atoms with Gasteiger partial charge in [-0.15, -0.1) is 0 Å². The number of rotatable bonds is 13. The molecule has 3 saturated heterocycles. The molecule has 1 N–H and O–H groups in total. The molecule has 0 radical (unpaired) electrons. The molecule has 0 bridgehead atoms. The zero-order valence-corrected chi connectivity index (χ0v) is 23.5. The Hall–Kier alpha value is -1.91. The number of ether oxygens (including phenoxy) is 6. The fraction of sp³-hybridized carbons (Fsp3) is 0.759. The van der Waals surface area contributed by atoms with Gasteiger partial charge in [-0.3, -0.25) is 10.2 Å². The molecule has 0 saturated carbocycles. The summed E-state index contributed by atoms with van der Waals surface area (Å²) in [4.78, 5) is 15.4. The molecule has 0 spiro atoms. The molecule has 214 valence electrons. The topological polar surface area (TPSA) is 87.7 Å². The molecule has 3 aliphatic rings. The van der Waals surface area contributed by atoms with Crippen molar-refractivity contribution < 1.29 is 33.2 Å². The van der Waals surface area contributed by atoms with E-state index in [1.807, 2.05) is 13.8 Å². The van der Waals surface area contributed by atoms with E-state index in [1.54, 1.807) is 31.4 Å². The predicted molar refractivity (Wildman–Crippen MR) is 144 cm³/mol. The average Bonchev–Trinajstić information content (AvgIpc) is 3.39. The number of nitrogens with one attached hydrogen (secondary N) is 1. The average molecular weight is 535 g/mol. The molecule has 4 rings (SSSR count). The number of anilines is 1. The van der Waals surface area contributed by atoms with Gasteiger partial charge in [0, 0.05) is 18.8 Å². The third kappa shape index (κ3) is 8.05. The smallest absolute Gasteiger partial charge is 0.412 e. The van der Waals surface area contributed by atoms with Crippen LogP contribution in [0.25, 0.3) is 0 Å². The standard InChI is InChI=1S/C29H46N2O7/c1-5-6-7-8-12-19-34-27-26-25(37-29(2,3)38-26)24(36-27)23(20-31-17-10-9-11-18-31)35-28(32)30-21-13-15-22(33-4)16-14-21/h13-16,23-27H,5-12,17-20H2,1-4H3,(H,30,32)/t23-,24-,25+,26+,27+/m1/s1. The van der Waals surface area contributed by atoms with E-state index >= 15 is 0 Å². The fourth-order valence-corrected chi connectivity index (χ4v) is 5.49. The Labute approximate surface area is 227 Å². The number of benzene rings is 1. The fourth-order valence-electron chi connectivity index (χ4n) is 5.49. The summed E-state index contributed by atoms with van der Waals surface area (Å²) in [6, 6.07) is 7.15. The Morgan fingerprint density at radius 2 is 1.76 bits per heavy atom. The van der Waals surface area contributed by atoms with E-state index < -0.39 is 36.5 Å². The first-order chi connectivity index (χ1) is 18.4. The molecule has 3 fully saturated rings. The van der Waals surface area contributed by atoms with E-state index in [2.05, 4.69) is 17.1 Å². The zero-order chi connectivity index (χ0) is 27.0. The first-order valence-electron chi connectivity index (χ1n) is 14.4. The lowest BCUT2D eigenvalue weighted by atomic mass is 10.0. The number of amides is 1. The lowest BCUT2D eigenvalue weighted by Crippen LogP contribution is -2.49. The molecule has 3 heterocycles. The van der Waals surface area contributed by atoms with Crippen molar-refractivity contribution in [2.24, 2.45) is 0 Å². The number of carbonyl (C=O) groups is 1. The van der Waals surface area contributed by atoms with Crippen molar-refractivity contribution in [1.29, 1.82) is 0 Å². The second-order valence-electron chi connectivity index (χ2n) is 11.0. The highest BCUT2D eigenvalue weighted by molar-refractivity contribution is 5.84. The Morgan fingerprint density at radius 1 is 1.05 bits per heavy atom. The van der Waals surface area contributed by atoms with Crippen LogP contribution in [0.3, 0.4) is 0 Å². The van der Waals surface area contributed by atoms with Gasteiger partial charge < -0.3 is 28.4 Å². The highest BCUT2D eigenvalue weighted by atomic mass is 16.8. The number of likely N-dealkylation sites (tertiary alicyclic amines) is 1. The van der Waals surface area contributed by atoms with Crippen LogP contribution in [0.15, 0.2) is 24.3 Å². The van der Waals surface area contributed by atoms with Crippen molar-refractivity contribution in [1.82, 2.24) is 4.90 Å². The monoisotopic (exact) mass is 534 g/mol. The van der Waals surface area contributed by atoms with Crippen LogP contribution in [0.1, 0.15) is 72.1 Å². The van der Waals surface area contributed by atoms with Crippen molar-refractivity contribution in [2.45, 2.75) is 109 Å². The van der Waals surface area contributed by atoms with Gasteiger partial charge >= 0.3 is 6.09 Å². The number of methoxy groups -OCH3 is 1. The van der Waals surface area contributed by atoms with Crippen molar-refractivity contribution in [3.05, 3.63) is 24.3 Å². The van der Waals surface area contributed by atoms with Gasteiger partial charge in [0.1, 0.15) is 30.2 Å². The Bertz CT molecular complexity index is 859. The normalized spacial score (nSPS) is 27.6. The molecule has 5 atom stereocenters. The van der Waals surface area contributed by atoms with Crippen LogP contribution in [0.5, 0.6) is 5.75 Å². The van der Waals surface area contributed by atoms with Crippen LogP contribution >= 0.6 is 0 Å².